The predicted molar refractivity (Wildman–Crippen MR) is 97.0 cm³/mol. The smallest absolute Gasteiger partial charge is 0.0666 e. The highest BCUT2D eigenvalue weighted by atomic mass is 79.9. The van der Waals surface area contributed by atoms with Crippen LogP contribution < -0.4 is 4.90 Å². The third-order valence-corrected chi connectivity index (χ3v) is 6.36. The normalized spacial score (nSPS) is 24.7. The van der Waals surface area contributed by atoms with Crippen molar-refractivity contribution in [2.24, 2.45) is 0 Å². The average Bonchev–Trinajstić information content (AvgIpc) is 3.20. The molecule has 1 saturated carbocycles. The Labute approximate surface area is 143 Å². The Kier molecular flexibility index (Phi) is 4.45. The minimum absolute atomic E-state index is 0.745. The lowest BCUT2D eigenvalue weighted by atomic mass is 9.93. The number of fused-ring (bicyclic) bond motifs is 1. The van der Waals surface area contributed by atoms with Gasteiger partial charge in [0.1, 0.15) is 0 Å². The number of likely N-dealkylation sites (tertiary alicyclic amines) is 1. The van der Waals surface area contributed by atoms with Crippen LogP contribution in [0.25, 0.3) is 0 Å². The number of hydrogen-bond acceptors (Lipinski definition) is 2. The van der Waals surface area contributed by atoms with Crippen molar-refractivity contribution in [2.75, 3.05) is 18.0 Å². The second-order valence-electron chi connectivity index (χ2n) is 7.27. The second kappa shape index (κ2) is 6.52. The van der Waals surface area contributed by atoms with Gasteiger partial charge in [-0.15, -0.1) is 0 Å². The molecule has 0 bridgehead atoms. The van der Waals surface area contributed by atoms with E-state index in [9.17, 15) is 0 Å². The molecule has 0 amide bonds. The van der Waals surface area contributed by atoms with E-state index in [1.807, 2.05) is 0 Å². The molecule has 0 unspecified atom stereocenters. The first-order chi connectivity index (χ1) is 10.8. The predicted octanol–water partition coefficient (Wildman–Crippen LogP) is 5.48. The number of benzene rings is 1. The van der Waals surface area contributed by atoms with Crippen LogP contribution in [0.4, 0.5) is 11.4 Å². The molecule has 0 radical (unpaired) electrons. The minimum atomic E-state index is 0.745. The molecule has 120 valence electrons. The van der Waals surface area contributed by atoms with E-state index >= 15 is 0 Å². The molecular weight excluding hydrogens is 336 g/mol. The Balaban J connectivity index is 1.31. The van der Waals surface area contributed by atoms with Crippen LogP contribution in [0.5, 0.6) is 0 Å². The van der Waals surface area contributed by atoms with E-state index in [2.05, 4.69) is 43.9 Å². The van der Waals surface area contributed by atoms with Crippen LogP contribution in [-0.2, 0) is 0 Å². The Hall–Kier alpha value is -0.540. The molecule has 1 aromatic carbocycles. The van der Waals surface area contributed by atoms with Crippen molar-refractivity contribution in [3.8, 4) is 0 Å². The summed E-state index contributed by atoms with van der Waals surface area (Å²) < 4.78 is 1.21. The number of halogens is 1. The van der Waals surface area contributed by atoms with Crippen molar-refractivity contribution >= 4 is 27.3 Å². The molecule has 2 nitrogen and oxygen atoms in total. The molecule has 22 heavy (non-hydrogen) atoms. The minimum Gasteiger partial charge on any atom is -0.335 e. The van der Waals surface area contributed by atoms with Gasteiger partial charge in [-0.3, -0.25) is 0 Å². The quantitative estimate of drug-likeness (QED) is 0.642. The molecular formula is C19H27BrN2. The third kappa shape index (κ3) is 3.07. The monoisotopic (exact) mass is 362 g/mol. The number of hydrogen-bond donors (Lipinski definition) is 0. The van der Waals surface area contributed by atoms with Crippen LogP contribution in [0.3, 0.4) is 0 Å². The van der Waals surface area contributed by atoms with E-state index < -0.39 is 0 Å². The molecule has 3 heteroatoms. The molecule has 1 saturated heterocycles. The second-order valence-corrected chi connectivity index (χ2v) is 8.18. The molecule has 1 aliphatic carbocycles. The Bertz CT molecular complexity index is 514. The number of nitrogens with zero attached hydrogens (tertiary/aromatic N) is 2. The van der Waals surface area contributed by atoms with E-state index in [0.717, 1.165) is 12.1 Å². The SMILES string of the molecule is Brc1ccc2c(c1)N2C1CCN(C2CCCCCCC2)CC1. The van der Waals surface area contributed by atoms with Crippen LogP contribution in [-0.4, -0.2) is 30.1 Å². The van der Waals surface area contributed by atoms with E-state index in [0.29, 0.717) is 0 Å². The third-order valence-electron chi connectivity index (χ3n) is 5.86. The van der Waals surface area contributed by atoms with Crippen LogP contribution in [0.15, 0.2) is 22.7 Å². The number of anilines is 2. The first-order valence-electron chi connectivity index (χ1n) is 9.16. The number of rotatable bonds is 2. The van der Waals surface area contributed by atoms with Crippen LogP contribution in [0.1, 0.15) is 57.8 Å². The highest BCUT2D eigenvalue weighted by Gasteiger charge is 2.37. The summed E-state index contributed by atoms with van der Waals surface area (Å²) in [6, 6.07) is 8.33. The molecule has 1 aromatic rings. The Morgan fingerprint density at radius 3 is 2.14 bits per heavy atom. The van der Waals surface area contributed by atoms with Crippen LogP contribution >= 0.6 is 15.9 Å². The first-order valence-corrected chi connectivity index (χ1v) is 9.95. The van der Waals surface area contributed by atoms with E-state index in [1.165, 1.54) is 86.7 Å². The highest BCUT2D eigenvalue weighted by Crippen LogP contribution is 2.52. The molecule has 4 rings (SSSR count). The van der Waals surface area contributed by atoms with Gasteiger partial charge in [-0.25, -0.2) is 0 Å². The Morgan fingerprint density at radius 1 is 0.773 bits per heavy atom. The highest BCUT2D eigenvalue weighted by molar-refractivity contribution is 9.10. The van der Waals surface area contributed by atoms with E-state index in [4.69, 9.17) is 0 Å². The van der Waals surface area contributed by atoms with Crippen molar-refractivity contribution < 1.29 is 0 Å². The lowest BCUT2D eigenvalue weighted by Crippen LogP contribution is -2.45. The maximum absolute atomic E-state index is 3.59. The van der Waals surface area contributed by atoms with Gasteiger partial charge in [-0.1, -0.05) is 48.0 Å². The van der Waals surface area contributed by atoms with Gasteiger partial charge in [0.15, 0.2) is 0 Å². The zero-order chi connectivity index (χ0) is 14.9. The standard InChI is InChI=1S/C19H27BrN2/c20-15-8-9-18-19(14-15)22(18)17-10-12-21(13-11-17)16-6-4-2-1-3-5-7-16/h8-9,14,16-17H,1-7,10-13H2. The van der Waals surface area contributed by atoms with Gasteiger partial charge in [0.05, 0.1) is 11.4 Å². The summed E-state index contributed by atoms with van der Waals surface area (Å²) in [6.45, 7) is 2.61. The maximum Gasteiger partial charge on any atom is 0.0666 e. The number of piperidine rings is 1. The topological polar surface area (TPSA) is 6.25 Å². The Morgan fingerprint density at radius 2 is 1.45 bits per heavy atom. The van der Waals surface area contributed by atoms with Crippen molar-refractivity contribution in [3.63, 3.8) is 0 Å². The molecule has 0 atom stereocenters. The summed E-state index contributed by atoms with van der Waals surface area (Å²) in [4.78, 5) is 5.38. The van der Waals surface area contributed by atoms with Crippen molar-refractivity contribution in [3.05, 3.63) is 22.7 Å². The van der Waals surface area contributed by atoms with Gasteiger partial charge < -0.3 is 9.80 Å². The zero-order valence-corrected chi connectivity index (χ0v) is 15.0. The average molecular weight is 363 g/mol. The molecule has 2 aliphatic heterocycles. The lowest BCUT2D eigenvalue weighted by Gasteiger charge is -2.39. The van der Waals surface area contributed by atoms with Gasteiger partial charge in [-0.05, 0) is 43.9 Å². The van der Waals surface area contributed by atoms with Gasteiger partial charge >= 0.3 is 0 Å². The lowest BCUT2D eigenvalue weighted by molar-refractivity contribution is 0.131. The fraction of sp³-hybridized carbons (Fsp3) is 0.684. The van der Waals surface area contributed by atoms with Crippen molar-refractivity contribution in [1.82, 2.24) is 4.90 Å². The molecule has 3 aliphatic rings. The van der Waals surface area contributed by atoms with Crippen LogP contribution in [0, 0.1) is 0 Å². The first kappa shape index (κ1) is 15.0. The largest absolute Gasteiger partial charge is 0.335 e. The van der Waals surface area contributed by atoms with Crippen molar-refractivity contribution in [2.45, 2.75) is 69.9 Å². The van der Waals surface area contributed by atoms with Crippen molar-refractivity contribution in [1.29, 1.82) is 0 Å². The summed E-state index contributed by atoms with van der Waals surface area (Å²) in [7, 11) is 0. The summed E-state index contributed by atoms with van der Waals surface area (Å²) >= 11 is 3.59. The summed E-state index contributed by atoms with van der Waals surface area (Å²) in [5.74, 6) is 0. The van der Waals surface area contributed by atoms with Gasteiger partial charge in [-0.2, -0.15) is 0 Å². The van der Waals surface area contributed by atoms with E-state index in [-0.39, 0.29) is 0 Å². The van der Waals surface area contributed by atoms with Gasteiger partial charge in [0.25, 0.3) is 0 Å². The zero-order valence-electron chi connectivity index (χ0n) is 13.4. The van der Waals surface area contributed by atoms with E-state index in [1.54, 1.807) is 0 Å². The van der Waals surface area contributed by atoms with Gasteiger partial charge in [0, 0.05) is 29.6 Å². The maximum atomic E-state index is 3.59. The van der Waals surface area contributed by atoms with Crippen LogP contribution in [0.2, 0.25) is 0 Å². The summed E-state index contributed by atoms with van der Waals surface area (Å²) in [5.41, 5.74) is 2.92. The fourth-order valence-electron chi connectivity index (χ4n) is 4.55. The molecule has 2 heterocycles. The summed E-state index contributed by atoms with van der Waals surface area (Å²) in [6.07, 6.45) is 12.9. The molecule has 0 spiro atoms. The summed E-state index contributed by atoms with van der Waals surface area (Å²) in [5, 5.41) is 0. The molecule has 0 N–H and O–H groups in total. The van der Waals surface area contributed by atoms with Gasteiger partial charge in [0.2, 0.25) is 0 Å². The fourth-order valence-corrected chi connectivity index (χ4v) is 4.90. The molecule has 2 fully saturated rings. The molecule has 0 aromatic heterocycles.